The van der Waals surface area contributed by atoms with Gasteiger partial charge < -0.3 is 0 Å². The lowest BCUT2D eigenvalue weighted by atomic mass is 10.1. The number of hydrogen-bond acceptors (Lipinski definition) is 1. The molecule has 0 aromatic carbocycles. The number of aryl methyl sites for hydroxylation is 1. The van der Waals surface area contributed by atoms with E-state index in [1.807, 2.05) is 12.3 Å². The van der Waals surface area contributed by atoms with Crippen molar-refractivity contribution in [3.63, 3.8) is 0 Å². The van der Waals surface area contributed by atoms with Crippen LogP contribution in [0.2, 0.25) is 0 Å². The standard InChI is InChI=1S/C8H10ClN/c1-2-7-3-4-10-6-8(7)5-9/h3-4,6H,2,5H2,1H3. The Morgan fingerprint density at radius 1 is 1.50 bits per heavy atom. The first-order valence-corrected chi connectivity index (χ1v) is 3.89. The topological polar surface area (TPSA) is 12.9 Å². The average Bonchev–Trinajstić information content (AvgIpc) is 2.04. The first kappa shape index (κ1) is 7.55. The summed E-state index contributed by atoms with van der Waals surface area (Å²) >= 11 is 5.67. The molecule has 0 atom stereocenters. The summed E-state index contributed by atoms with van der Waals surface area (Å²) in [6.07, 6.45) is 4.66. The van der Waals surface area contributed by atoms with Gasteiger partial charge in [0.1, 0.15) is 0 Å². The van der Waals surface area contributed by atoms with Crippen LogP contribution in [0.25, 0.3) is 0 Å². The van der Waals surface area contributed by atoms with Crippen LogP contribution in [0.4, 0.5) is 0 Å². The molecule has 1 aromatic rings. The minimum Gasteiger partial charge on any atom is -0.264 e. The van der Waals surface area contributed by atoms with E-state index in [2.05, 4.69) is 11.9 Å². The Kier molecular flexibility index (Phi) is 2.69. The van der Waals surface area contributed by atoms with Gasteiger partial charge in [0.05, 0.1) is 0 Å². The number of halogens is 1. The van der Waals surface area contributed by atoms with E-state index in [0.717, 1.165) is 12.0 Å². The highest BCUT2D eigenvalue weighted by Gasteiger charge is 1.96. The highest BCUT2D eigenvalue weighted by molar-refractivity contribution is 6.17. The second-order valence-electron chi connectivity index (χ2n) is 2.13. The molecule has 0 amide bonds. The van der Waals surface area contributed by atoms with Gasteiger partial charge in [-0.3, -0.25) is 4.98 Å². The molecule has 1 nitrogen and oxygen atoms in total. The van der Waals surface area contributed by atoms with Crippen molar-refractivity contribution >= 4 is 11.6 Å². The molecule has 54 valence electrons. The monoisotopic (exact) mass is 155 g/mol. The van der Waals surface area contributed by atoms with Crippen molar-refractivity contribution in [2.45, 2.75) is 19.2 Å². The highest BCUT2D eigenvalue weighted by Crippen LogP contribution is 2.09. The summed E-state index contributed by atoms with van der Waals surface area (Å²) in [5.41, 5.74) is 2.44. The van der Waals surface area contributed by atoms with Crippen molar-refractivity contribution in [3.05, 3.63) is 29.6 Å². The highest BCUT2D eigenvalue weighted by atomic mass is 35.5. The number of aromatic nitrogens is 1. The third kappa shape index (κ3) is 1.48. The molecule has 0 saturated carbocycles. The fourth-order valence-electron chi connectivity index (χ4n) is 0.921. The molecule has 0 aliphatic rings. The summed E-state index contributed by atoms with van der Waals surface area (Å²) < 4.78 is 0. The maximum Gasteiger partial charge on any atom is 0.0492 e. The molecular formula is C8H10ClN. The average molecular weight is 156 g/mol. The van der Waals surface area contributed by atoms with Crippen molar-refractivity contribution in [1.29, 1.82) is 0 Å². The van der Waals surface area contributed by atoms with Crippen LogP contribution in [0.3, 0.4) is 0 Å². The number of nitrogens with zero attached hydrogens (tertiary/aromatic N) is 1. The first-order valence-electron chi connectivity index (χ1n) is 3.36. The van der Waals surface area contributed by atoms with Crippen LogP contribution < -0.4 is 0 Å². The van der Waals surface area contributed by atoms with Crippen LogP contribution in [0.5, 0.6) is 0 Å². The molecule has 0 aliphatic carbocycles. The Hall–Kier alpha value is -0.560. The third-order valence-electron chi connectivity index (χ3n) is 1.53. The van der Waals surface area contributed by atoms with E-state index < -0.39 is 0 Å². The van der Waals surface area contributed by atoms with Crippen molar-refractivity contribution < 1.29 is 0 Å². The summed E-state index contributed by atoms with van der Waals surface area (Å²) in [4.78, 5) is 3.98. The van der Waals surface area contributed by atoms with Gasteiger partial charge in [0.25, 0.3) is 0 Å². The number of alkyl halides is 1. The first-order chi connectivity index (χ1) is 4.88. The smallest absolute Gasteiger partial charge is 0.0492 e. The maximum absolute atomic E-state index is 5.67. The predicted octanol–water partition coefficient (Wildman–Crippen LogP) is 2.38. The summed E-state index contributed by atoms with van der Waals surface area (Å²) in [5, 5.41) is 0. The Balaban J connectivity index is 2.96. The minimum absolute atomic E-state index is 0.566. The van der Waals surface area contributed by atoms with Gasteiger partial charge in [0, 0.05) is 18.3 Å². The summed E-state index contributed by atoms with van der Waals surface area (Å²) in [7, 11) is 0. The Morgan fingerprint density at radius 2 is 2.30 bits per heavy atom. The third-order valence-corrected chi connectivity index (χ3v) is 1.82. The summed E-state index contributed by atoms with van der Waals surface area (Å²) in [6.45, 7) is 2.12. The van der Waals surface area contributed by atoms with E-state index in [1.54, 1.807) is 6.20 Å². The lowest BCUT2D eigenvalue weighted by Gasteiger charge is -2.00. The van der Waals surface area contributed by atoms with Gasteiger partial charge in [-0.1, -0.05) is 6.92 Å². The van der Waals surface area contributed by atoms with Gasteiger partial charge in [0.2, 0.25) is 0 Å². The zero-order chi connectivity index (χ0) is 7.40. The summed E-state index contributed by atoms with van der Waals surface area (Å²) in [5.74, 6) is 0.566. The zero-order valence-electron chi connectivity index (χ0n) is 5.97. The van der Waals surface area contributed by atoms with E-state index >= 15 is 0 Å². The van der Waals surface area contributed by atoms with Gasteiger partial charge in [-0.05, 0) is 23.6 Å². The molecular weight excluding hydrogens is 146 g/mol. The van der Waals surface area contributed by atoms with Gasteiger partial charge in [-0.25, -0.2) is 0 Å². The SMILES string of the molecule is CCc1ccncc1CCl. The molecule has 2 heteroatoms. The van der Waals surface area contributed by atoms with E-state index in [0.29, 0.717) is 5.88 Å². The molecule has 0 radical (unpaired) electrons. The fraction of sp³-hybridized carbons (Fsp3) is 0.375. The number of hydrogen-bond donors (Lipinski definition) is 0. The molecule has 10 heavy (non-hydrogen) atoms. The van der Waals surface area contributed by atoms with Gasteiger partial charge in [0.15, 0.2) is 0 Å². The van der Waals surface area contributed by atoms with Gasteiger partial charge in [-0.15, -0.1) is 11.6 Å². The maximum atomic E-state index is 5.67. The van der Waals surface area contributed by atoms with Gasteiger partial charge >= 0.3 is 0 Å². The van der Waals surface area contributed by atoms with E-state index in [1.165, 1.54) is 5.56 Å². The van der Waals surface area contributed by atoms with Crippen molar-refractivity contribution in [3.8, 4) is 0 Å². The molecule has 0 bridgehead atoms. The quantitative estimate of drug-likeness (QED) is 0.598. The molecule has 1 rings (SSSR count). The molecule has 0 unspecified atom stereocenters. The normalized spacial score (nSPS) is 9.80. The van der Waals surface area contributed by atoms with Crippen LogP contribution in [0.15, 0.2) is 18.5 Å². The molecule has 0 fully saturated rings. The molecule has 0 saturated heterocycles. The molecule has 1 aromatic heterocycles. The lowest BCUT2D eigenvalue weighted by molar-refractivity contribution is 1.07. The molecule has 1 heterocycles. The Labute approximate surface area is 66.0 Å². The Morgan fingerprint density at radius 3 is 2.80 bits per heavy atom. The number of pyridine rings is 1. The summed E-state index contributed by atoms with van der Waals surface area (Å²) in [6, 6.07) is 2.01. The second-order valence-corrected chi connectivity index (χ2v) is 2.40. The van der Waals surface area contributed by atoms with Gasteiger partial charge in [-0.2, -0.15) is 0 Å². The van der Waals surface area contributed by atoms with Crippen molar-refractivity contribution in [2.24, 2.45) is 0 Å². The van der Waals surface area contributed by atoms with Crippen LogP contribution in [0.1, 0.15) is 18.1 Å². The molecule has 0 N–H and O–H groups in total. The van der Waals surface area contributed by atoms with Crippen LogP contribution in [-0.4, -0.2) is 4.98 Å². The molecule has 0 aliphatic heterocycles. The second kappa shape index (κ2) is 3.57. The lowest BCUT2D eigenvalue weighted by Crippen LogP contribution is -1.89. The van der Waals surface area contributed by atoms with Crippen molar-refractivity contribution in [1.82, 2.24) is 4.98 Å². The van der Waals surface area contributed by atoms with E-state index in [-0.39, 0.29) is 0 Å². The zero-order valence-corrected chi connectivity index (χ0v) is 6.73. The van der Waals surface area contributed by atoms with Crippen LogP contribution in [-0.2, 0) is 12.3 Å². The predicted molar refractivity (Wildman–Crippen MR) is 43.2 cm³/mol. The number of rotatable bonds is 2. The van der Waals surface area contributed by atoms with Crippen LogP contribution in [0, 0.1) is 0 Å². The fourth-order valence-corrected chi connectivity index (χ4v) is 1.16. The largest absolute Gasteiger partial charge is 0.264 e. The Bertz CT molecular complexity index is 187. The van der Waals surface area contributed by atoms with E-state index in [4.69, 9.17) is 11.6 Å². The van der Waals surface area contributed by atoms with Crippen LogP contribution >= 0.6 is 11.6 Å². The molecule has 0 spiro atoms. The minimum atomic E-state index is 0.566. The van der Waals surface area contributed by atoms with E-state index in [9.17, 15) is 0 Å². The van der Waals surface area contributed by atoms with Crippen molar-refractivity contribution in [2.75, 3.05) is 0 Å².